The molecule has 1 heterocycles. The zero-order valence-electron chi connectivity index (χ0n) is 6.96. The third-order valence-electron chi connectivity index (χ3n) is 2.49. The van der Waals surface area contributed by atoms with Crippen LogP contribution in [0.4, 0.5) is 0 Å². The number of ether oxygens (including phenoxy) is 1. The summed E-state index contributed by atoms with van der Waals surface area (Å²) in [7, 11) is 0. The summed E-state index contributed by atoms with van der Waals surface area (Å²) in [6.45, 7) is 4.08. The van der Waals surface area contributed by atoms with E-state index in [1.54, 1.807) is 6.92 Å². The van der Waals surface area contributed by atoms with Gasteiger partial charge in [0.1, 0.15) is 0 Å². The molecule has 0 amide bonds. The van der Waals surface area contributed by atoms with Crippen LogP contribution in [0.15, 0.2) is 0 Å². The van der Waals surface area contributed by atoms with Crippen LogP contribution < -0.4 is 0 Å². The molecule has 1 rings (SSSR count). The molecule has 1 aliphatic heterocycles. The Bertz CT molecular complexity index is 165. The lowest BCUT2D eigenvalue weighted by atomic mass is 9.78. The van der Waals surface area contributed by atoms with E-state index in [1.807, 2.05) is 6.92 Å². The largest absolute Gasteiger partial charge is 0.466 e. The van der Waals surface area contributed by atoms with Crippen LogP contribution in [0.2, 0.25) is 0 Å². The fourth-order valence-electron chi connectivity index (χ4n) is 1.22. The molecule has 64 valence electrons. The highest BCUT2D eigenvalue weighted by molar-refractivity contribution is 5.71. The molecule has 1 N–H and O–H groups in total. The van der Waals surface area contributed by atoms with E-state index in [-0.39, 0.29) is 11.4 Å². The molecule has 0 bridgehead atoms. The van der Waals surface area contributed by atoms with Crippen molar-refractivity contribution in [1.29, 1.82) is 0 Å². The molecule has 0 aliphatic carbocycles. The van der Waals surface area contributed by atoms with E-state index >= 15 is 0 Å². The maximum Gasteiger partial charge on any atom is 0.306 e. The minimum atomic E-state index is -0.435. The topological polar surface area (TPSA) is 46.5 Å². The van der Waals surface area contributed by atoms with Crippen molar-refractivity contribution >= 4 is 5.97 Å². The lowest BCUT2D eigenvalue weighted by Gasteiger charge is -2.34. The van der Waals surface area contributed by atoms with E-state index in [0.29, 0.717) is 13.0 Å². The number of rotatable bonds is 1. The first-order chi connectivity index (χ1) is 5.04. The van der Waals surface area contributed by atoms with Gasteiger partial charge in [0.2, 0.25) is 0 Å². The van der Waals surface area contributed by atoms with Crippen molar-refractivity contribution in [3.05, 3.63) is 0 Å². The molecule has 2 unspecified atom stereocenters. The van der Waals surface area contributed by atoms with E-state index < -0.39 is 6.10 Å². The number of hydrogen-bond donors (Lipinski definition) is 1. The van der Waals surface area contributed by atoms with Gasteiger partial charge >= 0.3 is 5.97 Å². The number of aliphatic hydroxyl groups excluding tert-OH is 1. The van der Waals surface area contributed by atoms with Crippen LogP contribution in [0, 0.1) is 5.41 Å². The number of hydrogen-bond acceptors (Lipinski definition) is 3. The SMILES string of the molecule is CC(O)C1(C)CCOC(=O)C1. The first kappa shape index (κ1) is 8.53. The van der Waals surface area contributed by atoms with E-state index in [1.165, 1.54) is 0 Å². The van der Waals surface area contributed by atoms with Crippen molar-refractivity contribution < 1.29 is 14.6 Å². The Morgan fingerprint density at radius 2 is 2.36 bits per heavy atom. The molecule has 1 fully saturated rings. The van der Waals surface area contributed by atoms with Gasteiger partial charge in [-0.05, 0) is 13.3 Å². The number of aliphatic hydroxyl groups is 1. The second-order valence-electron chi connectivity index (χ2n) is 3.48. The van der Waals surface area contributed by atoms with Gasteiger partial charge in [-0.2, -0.15) is 0 Å². The second kappa shape index (κ2) is 2.81. The van der Waals surface area contributed by atoms with Gasteiger partial charge < -0.3 is 9.84 Å². The summed E-state index contributed by atoms with van der Waals surface area (Å²) in [5, 5.41) is 9.35. The Morgan fingerprint density at radius 3 is 2.73 bits per heavy atom. The standard InChI is InChI=1S/C8H14O3/c1-6(9)8(2)3-4-11-7(10)5-8/h6,9H,3-5H2,1-2H3. The van der Waals surface area contributed by atoms with Crippen LogP contribution in [0.5, 0.6) is 0 Å². The zero-order valence-corrected chi connectivity index (χ0v) is 6.96. The number of carbonyl (C=O) groups is 1. The normalized spacial score (nSPS) is 34.6. The Balaban J connectivity index is 2.62. The van der Waals surface area contributed by atoms with Crippen molar-refractivity contribution in [2.75, 3.05) is 6.61 Å². The van der Waals surface area contributed by atoms with E-state index in [4.69, 9.17) is 4.74 Å². The van der Waals surface area contributed by atoms with Crippen molar-refractivity contribution in [1.82, 2.24) is 0 Å². The average Bonchev–Trinajstić information content (AvgIpc) is 1.86. The Hall–Kier alpha value is -0.570. The van der Waals surface area contributed by atoms with Gasteiger partial charge in [0.05, 0.1) is 19.1 Å². The molecule has 0 radical (unpaired) electrons. The highest BCUT2D eigenvalue weighted by Gasteiger charge is 2.36. The van der Waals surface area contributed by atoms with Crippen LogP contribution >= 0.6 is 0 Å². The Labute approximate surface area is 66.4 Å². The summed E-state index contributed by atoms with van der Waals surface area (Å²) >= 11 is 0. The summed E-state index contributed by atoms with van der Waals surface area (Å²) in [5.41, 5.74) is -0.269. The van der Waals surface area contributed by atoms with Crippen LogP contribution in [-0.4, -0.2) is 23.8 Å². The number of carbonyl (C=O) groups excluding carboxylic acids is 1. The molecule has 3 heteroatoms. The summed E-state index contributed by atoms with van der Waals surface area (Å²) < 4.78 is 4.77. The Morgan fingerprint density at radius 1 is 1.73 bits per heavy atom. The fraction of sp³-hybridized carbons (Fsp3) is 0.875. The monoisotopic (exact) mass is 158 g/mol. The summed E-state index contributed by atoms with van der Waals surface area (Å²) in [6.07, 6.45) is 0.663. The van der Waals surface area contributed by atoms with Gasteiger partial charge in [-0.3, -0.25) is 4.79 Å². The molecule has 0 saturated carbocycles. The van der Waals surface area contributed by atoms with Gasteiger partial charge in [0, 0.05) is 5.41 Å². The predicted octanol–water partition coefficient (Wildman–Crippen LogP) is 0.711. The minimum absolute atomic E-state index is 0.195. The quantitative estimate of drug-likeness (QED) is 0.572. The molecule has 2 atom stereocenters. The van der Waals surface area contributed by atoms with Crippen LogP contribution in [-0.2, 0) is 9.53 Å². The predicted molar refractivity (Wildman–Crippen MR) is 40.0 cm³/mol. The molecule has 1 saturated heterocycles. The smallest absolute Gasteiger partial charge is 0.306 e. The minimum Gasteiger partial charge on any atom is -0.466 e. The third-order valence-corrected chi connectivity index (χ3v) is 2.49. The van der Waals surface area contributed by atoms with E-state index in [0.717, 1.165) is 6.42 Å². The lowest BCUT2D eigenvalue weighted by molar-refractivity contribution is -0.157. The van der Waals surface area contributed by atoms with Crippen molar-refractivity contribution in [2.24, 2.45) is 5.41 Å². The van der Waals surface area contributed by atoms with Crippen molar-refractivity contribution in [2.45, 2.75) is 32.8 Å². The highest BCUT2D eigenvalue weighted by atomic mass is 16.5. The molecular formula is C8H14O3. The van der Waals surface area contributed by atoms with E-state index in [9.17, 15) is 9.90 Å². The highest BCUT2D eigenvalue weighted by Crippen LogP contribution is 2.33. The molecule has 0 aromatic carbocycles. The molecular weight excluding hydrogens is 144 g/mol. The number of esters is 1. The van der Waals surface area contributed by atoms with Gasteiger partial charge in [-0.15, -0.1) is 0 Å². The van der Waals surface area contributed by atoms with Gasteiger partial charge in [-0.25, -0.2) is 0 Å². The summed E-state index contributed by atoms with van der Waals surface area (Å²) in [5.74, 6) is -0.195. The Kier molecular flexibility index (Phi) is 2.18. The molecule has 1 aliphatic rings. The molecule has 0 aromatic rings. The first-order valence-corrected chi connectivity index (χ1v) is 3.88. The second-order valence-corrected chi connectivity index (χ2v) is 3.48. The van der Waals surface area contributed by atoms with Crippen molar-refractivity contribution in [3.63, 3.8) is 0 Å². The molecule has 3 nitrogen and oxygen atoms in total. The van der Waals surface area contributed by atoms with Gasteiger partial charge in [0.15, 0.2) is 0 Å². The van der Waals surface area contributed by atoms with E-state index in [2.05, 4.69) is 0 Å². The van der Waals surface area contributed by atoms with Crippen LogP contribution in [0.1, 0.15) is 26.7 Å². The third kappa shape index (κ3) is 1.71. The lowest BCUT2D eigenvalue weighted by Crippen LogP contribution is -2.38. The molecule has 0 aromatic heterocycles. The fourth-order valence-corrected chi connectivity index (χ4v) is 1.22. The first-order valence-electron chi connectivity index (χ1n) is 3.88. The van der Waals surface area contributed by atoms with Crippen molar-refractivity contribution in [3.8, 4) is 0 Å². The molecule has 11 heavy (non-hydrogen) atoms. The van der Waals surface area contributed by atoms with Crippen LogP contribution in [0.25, 0.3) is 0 Å². The zero-order chi connectivity index (χ0) is 8.48. The maximum atomic E-state index is 10.8. The average molecular weight is 158 g/mol. The van der Waals surface area contributed by atoms with Crippen LogP contribution in [0.3, 0.4) is 0 Å². The maximum absolute atomic E-state index is 10.8. The van der Waals surface area contributed by atoms with Gasteiger partial charge in [0.25, 0.3) is 0 Å². The van der Waals surface area contributed by atoms with Gasteiger partial charge in [-0.1, -0.05) is 6.92 Å². The number of cyclic esters (lactones) is 1. The summed E-state index contributed by atoms with van der Waals surface area (Å²) in [4.78, 5) is 10.8. The molecule has 0 spiro atoms. The summed E-state index contributed by atoms with van der Waals surface area (Å²) in [6, 6.07) is 0.